The minimum atomic E-state index is -3.41. The Labute approximate surface area is 56.5 Å². The van der Waals surface area contributed by atoms with Gasteiger partial charge >= 0.3 is 6.11 Å². The van der Waals surface area contributed by atoms with Crippen molar-refractivity contribution in [3.8, 4) is 0 Å². The Morgan fingerprint density at radius 3 is 2.40 bits per heavy atom. The number of allylic oxidation sites excluding steroid dienone is 1. The molecule has 0 aromatic rings. The molecule has 0 aliphatic heterocycles. The zero-order valence-electron chi connectivity index (χ0n) is 5.40. The molecule has 0 unspecified atom stereocenters. The van der Waals surface area contributed by atoms with Crippen molar-refractivity contribution >= 4 is 0 Å². The van der Waals surface area contributed by atoms with Gasteiger partial charge in [-0.05, 0) is 0 Å². The summed E-state index contributed by atoms with van der Waals surface area (Å²) in [7, 11) is 0.853. The predicted octanol–water partition coefficient (Wildman–Crippen LogP) is 1.89. The summed E-state index contributed by atoms with van der Waals surface area (Å²) in [6, 6.07) is 0. The molecule has 0 fully saturated rings. The van der Waals surface area contributed by atoms with Gasteiger partial charge in [0.2, 0.25) is 0 Å². The second-order valence-corrected chi connectivity index (χ2v) is 2.08. The Kier molecular flexibility index (Phi) is 1.72. The van der Waals surface area contributed by atoms with Gasteiger partial charge in [0.25, 0.3) is 0 Å². The maximum Gasteiger partial charge on any atom is 0.381 e. The molecule has 10 heavy (non-hydrogen) atoms. The number of rotatable bonds is 2. The summed E-state index contributed by atoms with van der Waals surface area (Å²) in [6.45, 7) is 0. The van der Waals surface area contributed by atoms with Crippen LogP contribution in [-0.2, 0) is 4.74 Å². The summed E-state index contributed by atoms with van der Waals surface area (Å²) < 4.78 is 40.6. The van der Waals surface area contributed by atoms with Gasteiger partial charge < -0.3 is 4.74 Å². The fourth-order valence-corrected chi connectivity index (χ4v) is 0.744. The topological polar surface area (TPSA) is 9.23 Å². The third-order valence-electron chi connectivity index (χ3n) is 1.47. The number of hydrogen-bond acceptors (Lipinski definition) is 1. The van der Waals surface area contributed by atoms with Crippen LogP contribution in [0.1, 0.15) is 6.42 Å². The van der Waals surface area contributed by atoms with Gasteiger partial charge in [-0.1, -0.05) is 6.08 Å². The molecule has 1 atom stereocenters. The molecule has 0 aromatic heterocycles. The van der Waals surface area contributed by atoms with Crippen LogP contribution in [0.15, 0.2) is 11.6 Å². The average Bonchev–Trinajstić information content (AvgIpc) is 1.84. The van der Waals surface area contributed by atoms with Gasteiger partial charge in [0.15, 0.2) is 0 Å². The average molecular weight is 152 g/mol. The normalized spacial score (nSPS) is 25.6. The first-order chi connectivity index (χ1) is 4.58. The van der Waals surface area contributed by atoms with Crippen LogP contribution in [0.3, 0.4) is 0 Å². The summed E-state index contributed by atoms with van der Waals surface area (Å²) in [4.78, 5) is 0. The standard InChI is InChI=1S/C6H7F3O/c1-10-6(8,9)4-2-3-5(4)7/h2,5H,3H2,1H3/t5-/m1/s1. The van der Waals surface area contributed by atoms with Gasteiger partial charge in [-0.25, -0.2) is 4.39 Å². The molecule has 0 amide bonds. The van der Waals surface area contributed by atoms with Crippen molar-refractivity contribution in [2.75, 3.05) is 7.11 Å². The lowest BCUT2D eigenvalue weighted by atomic mass is 9.96. The molecule has 0 heterocycles. The fourth-order valence-electron chi connectivity index (χ4n) is 0.744. The van der Waals surface area contributed by atoms with Crippen molar-refractivity contribution in [1.82, 2.24) is 0 Å². The molecule has 1 aliphatic rings. The molecule has 0 bridgehead atoms. The quantitative estimate of drug-likeness (QED) is 0.549. The highest BCUT2D eigenvalue weighted by atomic mass is 19.3. The molecule has 0 aromatic carbocycles. The van der Waals surface area contributed by atoms with Gasteiger partial charge in [-0.2, -0.15) is 8.78 Å². The van der Waals surface area contributed by atoms with Gasteiger partial charge in [-0.15, -0.1) is 0 Å². The third kappa shape index (κ3) is 1.03. The van der Waals surface area contributed by atoms with Crippen molar-refractivity contribution < 1.29 is 17.9 Å². The number of alkyl halides is 3. The number of ether oxygens (including phenoxy) is 1. The first-order valence-electron chi connectivity index (χ1n) is 2.85. The minimum Gasteiger partial charge on any atom is -0.320 e. The van der Waals surface area contributed by atoms with Gasteiger partial charge in [-0.3, -0.25) is 0 Å². The van der Waals surface area contributed by atoms with Crippen molar-refractivity contribution in [1.29, 1.82) is 0 Å². The Morgan fingerprint density at radius 2 is 2.30 bits per heavy atom. The van der Waals surface area contributed by atoms with Crippen molar-refractivity contribution in [3.63, 3.8) is 0 Å². The van der Waals surface area contributed by atoms with Crippen LogP contribution in [0.4, 0.5) is 13.2 Å². The van der Waals surface area contributed by atoms with Crippen molar-refractivity contribution in [2.45, 2.75) is 18.7 Å². The molecule has 1 nitrogen and oxygen atoms in total. The van der Waals surface area contributed by atoms with Crippen molar-refractivity contribution in [3.05, 3.63) is 11.6 Å². The molecular formula is C6H7F3O. The highest BCUT2D eigenvalue weighted by Gasteiger charge is 2.42. The van der Waals surface area contributed by atoms with E-state index < -0.39 is 17.9 Å². The minimum absolute atomic E-state index is 0.0777. The van der Waals surface area contributed by atoms with E-state index in [1.807, 2.05) is 0 Å². The van der Waals surface area contributed by atoms with E-state index in [0.717, 1.165) is 13.2 Å². The predicted molar refractivity (Wildman–Crippen MR) is 29.6 cm³/mol. The second-order valence-electron chi connectivity index (χ2n) is 2.08. The van der Waals surface area contributed by atoms with E-state index >= 15 is 0 Å². The second kappa shape index (κ2) is 2.27. The molecule has 4 heteroatoms. The van der Waals surface area contributed by atoms with E-state index in [9.17, 15) is 13.2 Å². The van der Waals surface area contributed by atoms with Crippen LogP contribution in [-0.4, -0.2) is 19.4 Å². The zero-order chi connectivity index (χ0) is 7.78. The van der Waals surface area contributed by atoms with E-state index in [1.165, 1.54) is 0 Å². The van der Waals surface area contributed by atoms with Gasteiger partial charge in [0, 0.05) is 13.5 Å². The number of hydrogen-bond donors (Lipinski definition) is 0. The van der Waals surface area contributed by atoms with Crippen LogP contribution < -0.4 is 0 Å². The number of halogens is 3. The highest BCUT2D eigenvalue weighted by Crippen LogP contribution is 2.36. The van der Waals surface area contributed by atoms with E-state index in [1.54, 1.807) is 0 Å². The number of methoxy groups -OCH3 is 1. The first-order valence-corrected chi connectivity index (χ1v) is 2.85. The lowest BCUT2D eigenvalue weighted by molar-refractivity contribution is -0.198. The molecule has 0 radical (unpaired) electrons. The van der Waals surface area contributed by atoms with E-state index in [2.05, 4.69) is 4.74 Å². The Balaban J connectivity index is 2.65. The summed E-state index contributed by atoms with van der Waals surface area (Å²) in [5, 5.41) is 0. The SMILES string of the molecule is COC(F)(F)C1=CC[C@H]1F. The maximum absolute atomic E-state index is 12.3. The molecular weight excluding hydrogens is 145 g/mol. The van der Waals surface area contributed by atoms with Crippen LogP contribution in [0.5, 0.6) is 0 Å². The van der Waals surface area contributed by atoms with Gasteiger partial charge in [0.1, 0.15) is 6.17 Å². The van der Waals surface area contributed by atoms with Gasteiger partial charge in [0.05, 0.1) is 5.57 Å². The Morgan fingerprint density at radius 1 is 1.70 bits per heavy atom. The Bertz CT molecular complexity index is 164. The van der Waals surface area contributed by atoms with E-state index in [-0.39, 0.29) is 6.42 Å². The monoisotopic (exact) mass is 152 g/mol. The molecule has 0 spiro atoms. The summed E-state index contributed by atoms with van der Waals surface area (Å²) in [5.74, 6) is 0. The van der Waals surface area contributed by atoms with E-state index in [4.69, 9.17) is 0 Å². The Hall–Kier alpha value is -0.510. The molecule has 0 saturated heterocycles. The highest BCUT2D eigenvalue weighted by molar-refractivity contribution is 5.24. The molecule has 1 aliphatic carbocycles. The van der Waals surface area contributed by atoms with E-state index in [0.29, 0.717) is 0 Å². The van der Waals surface area contributed by atoms with Crippen LogP contribution in [0.2, 0.25) is 0 Å². The van der Waals surface area contributed by atoms with Crippen LogP contribution in [0.25, 0.3) is 0 Å². The summed E-state index contributed by atoms with van der Waals surface area (Å²) in [5.41, 5.74) is -0.546. The van der Waals surface area contributed by atoms with Crippen LogP contribution in [0, 0.1) is 0 Å². The maximum atomic E-state index is 12.3. The third-order valence-corrected chi connectivity index (χ3v) is 1.47. The molecule has 0 N–H and O–H groups in total. The fraction of sp³-hybridized carbons (Fsp3) is 0.667. The summed E-state index contributed by atoms with van der Waals surface area (Å²) >= 11 is 0. The van der Waals surface area contributed by atoms with Crippen molar-refractivity contribution in [2.24, 2.45) is 0 Å². The smallest absolute Gasteiger partial charge is 0.320 e. The largest absolute Gasteiger partial charge is 0.381 e. The molecule has 58 valence electrons. The first kappa shape index (κ1) is 7.60. The lowest BCUT2D eigenvalue weighted by Crippen LogP contribution is -2.32. The lowest BCUT2D eigenvalue weighted by Gasteiger charge is -2.25. The molecule has 1 rings (SSSR count). The van der Waals surface area contributed by atoms with Crippen LogP contribution >= 0.6 is 0 Å². The summed E-state index contributed by atoms with van der Waals surface area (Å²) in [6.07, 6.45) is -3.70. The zero-order valence-corrected chi connectivity index (χ0v) is 5.40. The molecule has 0 saturated carbocycles.